The molecule has 0 bridgehead atoms. The zero-order valence-corrected chi connectivity index (χ0v) is 13.4. The van der Waals surface area contributed by atoms with Crippen LogP contribution in [0.15, 0.2) is 46.4 Å². The highest BCUT2D eigenvalue weighted by atomic mass is 79.9. The SMILES string of the molecule is CN(Cc1ccc(Br)cc1)c1ccc2scnc2c1N. The van der Waals surface area contributed by atoms with Gasteiger partial charge in [-0.3, -0.25) is 0 Å². The zero-order chi connectivity index (χ0) is 14.1. The van der Waals surface area contributed by atoms with Crippen LogP contribution in [0.5, 0.6) is 0 Å². The van der Waals surface area contributed by atoms with Crippen molar-refractivity contribution in [1.29, 1.82) is 0 Å². The number of hydrogen-bond donors (Lipinski definition) is 1. The molecule has 102 valence electrons. The Kier molecular flexibility index (Phi) is 3.63. The number of benzene rings is 2. The van der Waals surface area contributed by atoms with E-state index in [1.165, 1.54) is 5.56 Å². The van der Waals surface area contributed by atoms with Gasteiger partial charge in [0.2, 0.25) is 0 Å². The molecule has 0 fully saturated rings. The van der Waals surface area contributed by atoms with Crippen LogP contribution in [0.2, 0.25) is 0 Å². The largest absolute Gasteiger partial charge is 0.395 e. The van der Waals surface area contributed by atoms with Crippen LogP contribution in [0, 0.1) is 0 Å². The van der Waals surface area contributed by atoms with Gasteiger partial charge in [0.1, 0.15) is 5.52 Å². The lowest BCUT2D eigenvalue weighted by molar-refractivity contribution is 0.925. The molecule has 0 radical (unpaired) electrons. The van der Waals surface area contributed by atoms with Crippen molar-refractivity contribution in [3.63, 3.8) is 0 Å². The molecule has 1 heterocycles. The molecule has 0 spiro atoms. The summed E-state index contributed by atoms with van der Waals surface area (Å²) >= 11 is 5.06. The fraction of sp³-hybridized carbons (Fsp3) is 0.133. The van der Waals surface area contributed by atoms with E-state index in [2.05, 4.69) is 62.2 Å². The Morgan fingerprint density at radius 3 is 2.70 bits per heavy atom. The Morgan fingerprint density at radius 2 is 1.95 bits per heavy atom. The van der Waals surface area contributed by atoms with E-state index < -0.39 is 0 Å². The minimum absolute atomic E-state index is 0.753. The summed E-state index contributed by atoms with van der Waals surface area (Å²) in [6.07, 6.45) is 0. The maximum absolute atomic E-state index is 6.24. The number of rotatable bonds is 3. The number of nitrogen functional groups attached to an aromatic ring is 1. The lowest BCUT2D eigenvalue weighted by Gasteiger charge is -2.21. The summed E-state index contributed by atoms with van der Waals surface area (Å²) in [6.45, 7) is 0.813. The topological polar surface area (TPSA) is 42.2 Å². The molecule has 0 unspecified atom stereocenters. The van der Waals surface area contributed by atoms with Gasteiger partial charge in [-0.05, 0) is 29.8 Å². The number of hydrogen-bond acceptors (Lipinski definition) is 4. The standard InChI is InChI=1S/C15H14BrN3S/c1-19(8-10-2-4-11(16)5-3-10)12-6-7-13-15(14(12)17)18-9-20-13/h2-7,9H,8,17H2,1H3. The van der Waals surface area contributed by atoms with Gasteiger partial charge in [0.15, 0.2) is 0 Å². The molecule has 0 aliphatic rings. The molecule has 20 heavy (non-hydrogen) atoms. The minimum Gasteiger partial charge on any atom is -0.395 e. The first-order valence-corrected chi connectivity index (χ1v) is 7.89. The molecule has 0 saturated heterocycles. The number of anilines is 2. The molecule has 5 heteroatoms. The second-order valence-electron chi connectivity index (χ2n) is 4.68. The summed E-state index contributed by atoms with van der Waals surface area (Å²) in [5, 5.41) is 0. The molecular weight excluding hydrogens is 334 g/mol. The maximum atomic E-state index is 6.24. The van der Waals surface area contributed by atoms with E-state index in [4.69, 9.17) is 5.73 Å². The number of nitrogens with zero attached hydrogens (tertiary/aromatic N) is 2. The van der Waals surface area contributed by atoms with Gasteiger partial charge in [0.05, 0.1) is 21.6 Å². The van der Waals surface area contributed by atoms with E-state index >= 15 is 0 Å². The summed E-state index contributed by atoms with van der Waals surface area (Å²) in [5.74, 6) is 0. The van der Waals surface area contributed by atoms with Crippen molar-refractivity contribution in [2.24, 2.45) is 0 Å². The Labute approximate surface area is 130 Å². The summed E-state index contributed by atoms with van der Waals surface area (Å²) < 4.78 is 2.22. The number of thiazole rings is 1. The van der Waals surface area contributed by atoms with Crippen LogP contribution in [-0.2, 0) is 6.54 Å². The van der Waals surface area contributed by atoms with Crippen molar-refractivity contribution in [1.82, 2.24) is 4.98 Å². The second kappa shape index (κ2) is 5.42. The maximum Gasteiger partial charge on any atom is 0.106 e. The van der Waals surface area contributed by atoms with Gasteiger partial charge in [-0.2, -0.15) is 0 Å². The van der Waals surface area contributed by atoms with E-state index in [1.54, 1.807) is 11.3 Å². The Hall–Kier alpha value is -1.59. The molecule has 1 aromatic heterocycles. The summed E-state index contributed by atoms with van der Waals surface area (Å²) in [7, 11) is 2.05. The van der Waals surface area contributed by atoms with Crippen LogP contribution < -0.4 is 10.6 Å². The molecule has 3 aromatic rings. The Bertz CT molecular complexity index is 736. The van der Waals surface area contributed by atoms with Crippen molar-refractivity contribution in [2.45, 2.75) is 6.54 Å². The van der Waals surface area contributed by atoms with Gasteiger partial charge in [-0.1, -0.05) is 28.1 Å². The highest BCUT2D eigenvalue weighted by molar-refractivity contribution is 9.10. The average molecular weight is 348 g/mol. The van der Waals surface area contributed by atoms with E-state index in [-0.39, 0.29) is 0 Å². The third kappa shape index (κ3) is 2.51. The molecule has 2 aromatic carbocycles. The van der Waals surface area contributed by atoms with E-state index in [1.807, 2.05) is 12.6 Å². The van der Waals surface area contributed by atoms with Crippen LogP contribution in [0.25, 0.3) is 10.2 Å². The zero-order valence-electron chi connectivity index (χ0n) is 11.0. The third-order valence-electron chi connectivity index (χ3n) is 3.26. The van der Waals surface area contributed by atoms with Crippen LogP contribution in [0.3, 0.4) is 0 Å². The molecule has 0 saturated carbocycles. The highest BCUT2D eigenvalue weighted by Crippen LogP contribution is 2.32. The summed E-state index contributed by atoms with van der Waals surface area (Å²) in [5.41, 5.74) is 12.0. The first-order chi connectivity index (χ1) is 9.65. The fourth-order valence-electron chi connectivity index (χ4n) is 2.22. The van der Waals surface area contributed by atoms with Gasteiger partial charge in [0.25, 0.3) is 0 Å². The third-order valence-corrected chi connectivity index (χ3v) is 4.59. The monoisotopic (exact) mass is 347 g/mol. The van der Waals surface area contributed by atoms with Crippen molar-refractivity contribution in [2.75, 3.05) is 17.7 Å². The number of nitrogens with two attached hydrogens (primary N) is 1. The highest BCUT2D eigenvalue weighted by Gasteiger charge is 2.10. The van der Waals surface area contributed by atoms with Gasteiger partial charge < -0.3 is 10.6 Å². The van der Waals surface area contributed by atoms with E-state index in [0.717, 1.165) is 32.6 Å². The van der Waals surface area contributed by atoms with Gasteiger partial charge in [0, 0.05) is 18.1 Å². The molecule has 2 N–H and O–H groups in total. The van der Waals surface area contributed by atoms with Gasteiger partial charge in [-0.15, -0.1) is 11.3 Å². The first kappa shape index (κ1) is 13.4. The van der Waals surface area contributed by atoms with E-state index in [0.29, 0.717) is 0 Å². The van der Waals surface area contributed by atoms with Crippen molar-refractivity contribution in [3.05, 3.63) is 51.9 Å². The van der Waals surface area contributed by atoms with Crippen LogP contribution in [-0.4, -0.2) is 12.0 Å². The van der Waals surface area contributed by atoms with Crippen LogP contribution in [0.1, 0.15) is 5.56 Å². The van der Waals surface area contributed by atoms with Gasteiger partial charge >= 0.3 is 0 Å². The summed E-state index contributed by atoms with van der Waals surface area (Å²) in [4.78, 5) is 6.49. The smallest absolute Gasteiger partial charge is 0.106 e. The minimum atomic E-state index is 0.753. The van der Waals surface area contributed by atoms with Crippen LogP contribution in [0.4, 0.5) is 11.4 Å². The molecule has 3 rings (SSSR count). The molecule has 0 atom stereocenters. The molecular formula is C15H14BrN3S. The number of halogens is 1. The Balaban J connectivity index is 1.90. The van der Waals surface area contributed by atoms with E-state index in [9.17, 15) is 0 Å². The average Bonchev–Trinajstić information content (AvgIpc) is 2.91. The van der Waals surface area contributed by atoms with Crippen LogP contribution >= 0.6 is 27.3 Å². The normalized spacial score (nSPS) is 10.9. The predicted octanol–water partition coefficient (Wildman–Crippen LogP) is 4.28. The summed E-state index contributed by atoms with van der Waals surface area (Å²) in [6, 6.07) is 12.5. The second-order valence-corrected chi connectivity index (χ2v) is 6.48. The van der Waals surface area contributed by atoms with Crippen molar-refractivity contribution in [3.8, 4) is 0 Å². The quantitative estimate of drug-likeness (QED) is 0.719. The number of fused-ring (bicyclic) bond motifs is 1. The fourth-order valence-corrected chi connectivity index (χ4v) is 3.18. The molecule has 3 nitrogen and oxygen atoms in total. The van der Waals surface area contributed by atoms with Gasteiger partial charge in [-0.25, -0.2) is 4.98 Å². The number of aromatic nitrogens is 1. The van der Waals surface area contributed by atoms with Crippen molar-refractivity contribution < 1.29 is 0 Å². The first-order valence-electron chi connectivity index (χ1n) is 6.22. The van der Waals surface area contributed by atoms with Crippen molar-refractivity contribution >= 4 is 48.9 Å². The lowest BCUT2D eigenvalue weighted by atomic mass is 10.2. The molecule has 0 aliphatic carbocycles. The predicted molar refractivity (Wildman–Crippen MR) is 90.3 cm³/mol. The lowest BCUT2D eigenvalue weighted by Crippen LogP contribution is -2.17. The Morgan fingerprint density at radius 1 is 1.20 bits per heavy atom. The molecule has 0 aliphatic heterocycles. The molecule has 0 amide bonds.